The third-order valence-electron chi connectivity index (χ3n) is 4.23. The van der Waals surface area contributed by atoms with E-state index >= 15 is 0 Å². The second-order valence-electron chi connectivity index (χ2n) is 6.06. The predicted octanol–water partition coefficient (Wildman–Crippen LogP) is 2.72. The van der Waals surface area contributed by atoms with Crippen molar-refractivity contribution in [2.24, 2.45) is 16.6 Å². The molecule has 0 saturated heterocycles. The van der Waals surface area contributed by atoms with Gasteiger partial charge in [0, 0.05) is 12.3 Å². The minimum atomic E-state index is 0.490. The maximum absolute atomic E-state index is 5.98. The third kappa shape index (κ3) is 4.21. The quantitative estimate of drug-likeness (QED) is 0.480. The fourth-order valence-electron chi connectivity index (χ4n) is 2.84. The lowest BCUT2D eigenvalue weighted by atomic mass is 9.90. The number of nitrogens with one attached hydrogen (secondary N) is 1. The average Bonchev–Trinajstić information content (AvgIpc) is 3.31. The molecule has 114 valence electrons. The third-order valence-corrected chi connectivity index (χ3v) is 4.23. The molecule has 1 aromatic carbocycles. The Morgan fingerprint density at radius 3 is 3.00 bits per heavy atom. The van der Waals surface area contributed by atoms with Crippen molar-refractivity contribution in [1.29, 1.82) is 0 Å². The summed E-state index contributed by atoms with van der Waals surface area (Å²) in [6.45, 7) is 2.17. The van der Waals surface area contributed by atoms with E-state index < -0.39 is 0 Å². The Labute approximate surface area is 126 Å². The molecule has 1 saturated carbocycles. The van der Waals surface area contributed by atoms with Gasteiger partial charge in [-0.25, -0.2) is 0 Å². The van der Waals surface area contributed by atoms with Crippen molar-refractivity contribution >= 4 is 11.6 Å². The SMILES string of the molecule is NC(=NCCOCC1CC1)Nc1cccc2c1CCCC2. The lowest BCUT2D eigenvalue weighted by Gasteiger charge is -2.19. The van der Waals surface area contributed by atoms with Gasteiger partial charge in [-0.1, -0.05) is 12.1 Å². The van der Waals surface area contributed by atoms with Gasteiger partial charge in [0.1, 0.15) is 0 Å². The van der Waals surface area contributed by atoms with Gasteiger partial charge >= 0.3 is 0 Å². The Morgan fingerprint density at radius 1 is 1.29 bits per heavy atom. The van der Waals surface area contributed by atoms with E-state index in [9.17, 15) is 0 Å². The van der Waals surface area contributed by atoms with Crippen LogP contribution in [0, 0.1) is 5.92 Å². The second kappa shape index (κ2) is 6.94. The number of benzene rings is 1. The molecule has 0 amide bonds. The van der Waals surface area contributed by atoms with Crippen molar-refractivity contribution in [3.05, 3.63) is 29.3 Å². The van der Waals surface area contributed by atoms with Crippen LogP contribution in [0.15, 0.2) is 23.2 Å². The molecule has 0 atom stereocenters. The van der Waals surface area contributed by atoms with Crippen molar-refractivity contribution in [3.63, 3.8) is 0 Å². The van der Waals surface area contributed by atoms with Crippen LogP contribution in [0.2, 0.25) is 0 Å². The van der Waals surface area contributed by atoms with Crippen LogP contribution < -0.4 is 11.1 Å². The number of fused-ring (bicyclic) bond motifs is 1. The van der Waals surface area contributed by atoms with E-state index in [4.69, 9.17) is 10.5 Å². The van der Waals surface area contributed by atoms with Crippen molar-refractivity contribution in [1.82, 2.24) is 0 Å². The zero-order valence-corrected chi connectivity index (χ0v) is 12.6. The molecule has 21 heavy (non-hydrogen) atoms. The molecule has 1 aromatic rings. The highest BCUT2D eigenvalue weighted by molar-refractivity contribution is 5.93. The van der Waals surface area contributed by atoms with Crippen LogP contribution in [-0.2, 0) is 17.6 Å². The minimum absolute atomic E-state index is 0.490. The first-order valence-corrected chi connectivity index (χ1v) is 8.08. The first kappa shape index (κ1) is 14.4. The molecular formula is C17H25N3O. The maximum atomic E-state index is 5.98. The summed E-state index contributed by atoms with van der Waals surface area (Å²) in [5.41, 5.74) is 9.95. The topological polar surface area (TPSA) is 59.6 Å². The summed E-state index contributed by atoms with van der Waals surface area (Å²) in [7, 11) is 0. The first-order chi connectivity index (χ1) is 10.3. The van der Waals surface area contributed by atoms with E-state index in [2.05, 4.69) is 28.5 Å². The van der Waals surface area contributed by atoms with E-state index in [1.807, 2.05) is 0 Å². The summed E-state index contributed by atoms with van der Waals surface area (Å²) in [5, 5.41) is 3.25. The molecule has 3 rings (SSSR count). The summed E-state index contributed by atoms with van der Waals surface area (Å²) in [6.07, 6.45) is 7.52. The Balaban J connectivity index is 1.50. The number of nitrogens with zero attached hydrogens (tertiary/aromatic N) is 1. The summed E-state index contributed by atoms with van der Waals surface area (Å²) >= 11 is 0. The summed E-state index contributed by atoms with van der Waals surface area (Å²) < 4.78 is 5.56. The molecule has 4 nitrogen and oxygen atoms in total. The number of aliphatic imine (C=N–C) groups is 1. The predicted molar refractivity (Wildman–Crippen MR) is 86.7 cm³/mol. The van der Waals surface area contributed by atoms with Crippen molar-refractivity contribution in [3.8, 4) is 0 Å². The number of hydrogen-bond acceptors (Lipinski definition) is 2. The van der Waals surface area contributed by atoms with Crippen LogP contribution in [0.3, 0.4) is 0 Å². The fourth-order valence-corrected chi connectivity index (χ4v) is 2.84. The van der Waals surface area contributed by atoms with Crippen molar-refractivity contribution < 1.29 is 4.74 Å². The van der Waals surface area contributed by atoms with Crippen LogP contribution in [0.25, 0.3) is 0 Å². The van der Waals surface area contributed by atoms with Gasteiger partial charge in [0.05, 0.1) is 13.2 Å². The van der Waals surface area contributed by atoms with Crippen LogP contribution in [0.1, 0.15) is 36.8 Å². The summed E-state index contributed by atoms with van der Waals surface area (Å²) in [4.78, 5) is 4.34. The minimum Gasteiger partial charge on any atom is -0.379 e. The van der Waals surface area contributed by atoms with E-state index in [1.54, 1.807) is 0 Å². The number of aryl methyl sites for hydroxylation is 1. The lowest BCUT2D eigenvalue weighted by Crippen LogP contribution is -2.24. The molecule has 2 aliphatic rings. The number of nitrogens with two attached hydrogens (primary N) is 1. The Bertz CT molecular complexity index is 509. The standard InChI is InChI=1S/C17H25N3O/c18-17(19-10-11-21-12-13-8-9-13)20-16-7-3-5-14-4-1-2-6-15(14)16/h3,5,7,13H,1-2,4,6,8-12H2,(H3,18,19,20). The second-order valence-corrected chi connectivity index (χ2v) is 6.06. The summed E-state index contributed by atoms with van der Waals surface area (Å²) in [5.74, 6) is 1.30. The monoisotopic (exact) mass is 287 g/mol. The van der Waals surface area contributed by atoms with Crippen LogP contribution in [0.5, 0.6) is 0 Å². The molecule has 3 N–H and O–H groups in total. The number of rotatable bonds is 6. The van der Waals surface area contributed by atoms with Gasteiger partial charge in [-0.2, -0.15) is 0 Å². The fraction of sp³-hybridized carbons (Fsp3) is 0.588. The molecule has 2 aliphatic carbocycles. The zero-order chi connectivity index (χ0) is 14.5. The smallest absolute Gasteiger partial charge is 0.193 e. The van der Waals surface area contributed by atoms with Gasteiger partial charge in [0.25, 0.3) is 0 Å². The van der Waals surface area contributed by atoms with Crippen LogP contribution in [0.4, 0.5) is 5.69 Å². The van der Waals surface area contributed by atoms with Crippen molar-refractivity contribution in [2.45, 2.75) is 38.5 Å². The molecule has 0 bridgehead atoms. The highest BCUT2D eigenvalue weighted by atomic mass is 16.5. The molecule has 0 aliphatic heterocycles. The number of guanidine groups is 1. The Morgan fingerprint density at radius 2 is 2.14 bits per heavy atom. The van der Waals surface area contributed by atoms with Gasteiger partial charge in [-0.3, -0.25) is 4.99 Å². The van der Waals surface area contributed by atoms with Crippen LogP contribution in [-0.4, -0.2) is 25.7 Å². The van der Waals surface area contributed by atoms with Gasteiger partial charge in [0.2, 0.25) is 0 Å². The molecular weight excluding hydrogens is 262 g/mol. The van der Waals surface area contributed by atoms with Gasteiger partial charge < -0.3 is 15.8 Å². The maximum Gasteiger partial charge on any atom is 0.193 e. The first-order valence-electron chi connectivity index (χ1n) is 8.08. The molecule has 4 heteroatoms. The van der Waals surface area contributed by atoms with E-state index in [-0.39, 0.29) is 0 Å². The molecule has 0 unspecified atom stereocenters. The Kier molecular flexibility index (Phi) is 4.76. The number of ether oxygens (including phenoxy) is 1. The van der Waals surface area contributed by atoms with Crippen LogP contribution >= 0.6 is 0 Å². The van der Waals surface area contributed by atoms with Gasteiger partial charge in [-0.05, 0) is 61.6 Å². The van der Waals surface area contributed by atoms with Crippen molar-refractivity contribution in [2.75, 3.05) is 25.1 Å². The summed E-state index contributed by atoms with van der Waals surface area (Å²) in [6, 6.07) is 6.41. The van der Waals surface area contributed by atoms with Gasteiger partial charge in [-0.15, -0.1) is 0 Å². The largest absolute Gasteiger partial charge is 0.379 e. The molecule has 1 fully saturated rings. The number of hydrogen-bond donors (Lipinski definition) is 2. The number of anilines is 1. The molecule has 0 heterocycles. The molecule has 0 aromatic heterocycles. The van der Waals surface area contributed by atoms with E-state index in [0.29, 0.717) is 19.1 Å². The average molecular weight is 287 g/mol. The van der Waals surface area contributed by atoms with Gasteiger partial charge in [0.15, 0.2) is 5.96 Å². The normalized spacial score (nSPS) is 18.4. The lowest BCUT2D eigenvalue weighted by molar-refractivity contribution is 0.132. The zero-order valence-electron chi connectivity index (χ0n) is 12.6. The highest BCUT2D eigenvalue weighted by Gasteiger charge is 2.20. The highest BCUT2D eigenvalue weighted by Crippen LogP contribution is 2.29. The van der Waals surface area contributed by atoms with E-state index in [0.717, 1.165) is 24.6 Å². The molecule has 0 radical (unpaired) electrons. The van der Waals surface area contributed by atoms with E-state index in [1.165, 1.54) is 43.2 Å². The Hall–Kier alpha value is -1.55. The molecule has 0 spiro atoms.